The standard InChI is InChI=1S/C20H23FN6O2/c1-13-18-19(25(3)24-13)20(23-14(2)22-18)27-10-8-26(9-11-27)17(28)12-29-16-7-5-4-6-15(16)21/h4-7H,8-12H2,1-3H3. The van der Waals surface area contributed by atoms with Gasteiger partial charge in [-0.15, -0.1) is 0 Å². The van der Waals surface area contributed by atoms with Gasteiger partial charge in [0, 0.05) is 33.2 Å². The number of aromatic nitrogens is 4. The summed E-state index contributed by atoms with van der Waals surface area (Å²) in [5.41, 5.74) is 2.62. The summed E-state index contributed by atoms with van der Waals surface area (Å²) < 4.78 is 20.8. The number of hydrogen-bond acceptors (Lipinski definition) is 6. The Morgan fingerprint density at radius 3 is 2.59 bits per heavy atom. The largest absolute Gasteiger partial charge is 0.481 e. The SMILES string of the molecule is Cc1nc(N2CCN(C(=O)COc3ccccc3F)CC2)c2c(n1)c(C)nn2C. The highest BCUT2D eigenvalue weighted by Gasteiger charge is 2.25. The molecule has 0 N–H and O–H groups in total. The lowest BCUT2D eigenvalue weighted by atomic mass is 10.2. The van der Waals surface area contributed by atoms with E-state index in [1.54, 1.807) is 21.7 Å². The summed E-state index contributed by atoms with van der Waals surface area (Å²) in [7, 11) is 1.89. The van der Waals surface area contributed by atoms with Crippen molar-refractivity contribution in [3.8, 4) is 5.75 Å². The van der Waals surface area contributed by atoms with Gasteiger partial charge in [-0.05, 0) is 26.0 Å². The van der Waals surface area contributed by atoms with Gasteiger partial charge in [0.1, 0.15) is 16.9 Å². The zero-order valence-electron chi connectivity index (χ0n) is 16.7. The van der Waals surface area contributed by atoms with Gasteiger partial charge in [0.15, 0.2) is 24.0 Å². The van der Waals surface area contributed by atoms with Crippen molar-refractivity contribution in [2.75, 3.05) is 37.7 Å². The van der Waals surface area contributed by atoms with E-state index in [-0.39, 0.29) is 18.3 Å². The Balaban J connectivity index is 1.43. The molecule has 1 aliphatic heterocycles. The maximum absolute atomic E-state index is 13.6. The third-order valence-electron chi connectivity index (χ3n) is 5.06. The predicted octanol–water partition coefficient (Wildman–Crippen LogP) is 1.85. The third kappa shape index (κ3) is 3.72. The lowest BCUT2D eigenvalue weighted by Crippen LogP contribution is -2.50. The Kier molecular flexibility index (Phi) is 5.04. The van der Waals surface area contributed by atoms with Crippen molar-refractivity contribution >= 4 is 22.8 Å². The quantitative estimate of drug-likeness (QED) is 0.668. The van der Waals surface area contributed by atoms with Gasteiger partial charge in [0.25, 0.3) is 5.91 Å². The lowest BCUT2D eigenvalue weighted by Gasteiger charge is -2.35. The number of rotatable bonds is 4. The first-order valence-corrected chi connectivity index (χ1v) is 9.52. The van der Waals surface area contributed by atoms with E-state index in [0.717, 1.165) is 22.5 Å². The molecule has 0 atom stereocenters. The maximum atomic E-state index is 13.6. The second-order valence-corrected chi connectivity index (χ2v) is 7.09. The number of piperazine rings is 1. The van der Waals surface area contributed by atoms with Crippen LogP contribution in [0.2, 0.25) is 0 Å². The van der Waals surface area contributed by atoms with Crippen LogP contribution in [0.3, 0.4) is 0 Å². The van der Waals surface area contributed by atoms with Crippen LogP contribution < -0.4 is 9.64 Å². The monoisotopic (exact) mass is 398 g/mol. The second kappa shape index (κ2) is 7.65. The summed E-state index contributed by atoms with van der Waals surface area (Å²) in [6, 6.07) is 6.08. The molecule has 8 nitrogen and oxygen atoms in total. The van der Waals surface area contributed by atoms with E-state index in [2.05, 4.69) is 20.0 Å². The van der Waals surface area contributed by atoms with Crippen LogP contribution in [0, 0.1) is 19.7 Å². The first kappa shape index (κ1) is 19.1. The molecule has 1 aliphatic rings. The molecule has 4 rings (SSSR count). The number of carbonyl (C=O) groups is 1. The number of amides is 1. The Labute approximate surface area is 167 Å². The van der Waals surface area contributed by atoms with Crippen molar-refractivity contribution in [3.05, 3.63) is 41.6 Å². The van der Waals surface area contributed by atoms with E-state index in [9.17, 15) is 9.18 Å². The van der Waals surface area contributed by atoms with Crippen molar-refractivity contribution in [3.63, 3.8) is 0 Å². The van der Waals surface area contributed by atoms with E-state index in [4.69, 9.17) is 4.74 Å². The second-order valence-electron chi connectivity index (χ2n) is 7.09. The molecular weight excluding hydrogens is 375 g/mol. The number of para-hydroxylation sites is 1. The molecule has 1 aromatic carbocycles. The maximum Gasteiger partial charge on any atom is 0.260 e. The fraction of sp³-hybridized carbons (Fsp3) is 0.400. The van der Waals surface area contributed by atoms with Crippen LogP contribution >= 0.6 is 0 Å². The summed E-state index contributed by atoms with van der Waals surface area (Å²) in [6.07, 6.45) is 0. The van der Waals surface area contributed by atoms with E-state index < -0.39 is 5.82 Å². The van der Waals surface area contributed by atoms with Gasteiger partial charge in [-0.2, -0.15) is 5.10 Å². The van der Waals surface area contributed by atoms with Crippen LogP contribution in [-0.4, -0.2) is 63.3 Å². The number of aryl methyl sites for hydroxylation is 3. The van der Waals surface area contributed by atoms with E-state index in [1.165, 1.54) is 12.1 Å². The first-order chi connectivity index (χ1) is 13.9. The zero-order chi connectivity index (χ0) is 20.5. The van der Waals surface area contributed by atoms with Gasteiger partial charge in [-0.25, -0.2) is 14.4 Å². The number of halogens is 1. The summed E-state index contributed by atoms with van der Waals surface area (Å²) in [4.78, 5) is 25.5. The highest BCUT2D eigenvalue weighted by atomic mass is 19.1. The molecule has 1 saturated heterocycles. The molecule has 3 heterocycles. The average Bonchev–Trinajstić information content (AvgIpc) is 3.00. The fourth-order valence-electron chi connectivity index (χ4n) is 3.61. The molecule has 29 heavy (non-hydrogen) atoms. The molecule has 9 heteroatoms. The fourth-order valence-corrected chi connectivity index (χ4v) is 3.61. The minimum Gasteiger partial charge on any atom is -0.481 e. The summed E-state index contributed by atoms with van der Waals surface area (Å²) in [6.45, 7) is 5.99. The normalized spacial score (nSPS) is 14.5. The molecule has 3 aromatic rings. The molecule has 0 radical (unpaired) electrons. The Hall–Kier alpha value is -3.23. The topological polar surface area (TPSA) is 76.4 Å². The molecule has 2 aromatic heterocycles. The highest BCUT2D eigenvalue weighted by molar-refractivity contribution is 5.88. The van der Waals surface area contributed by atoms with E-state index in [1.807, 2.05) is 20.9 Å². The van der Waals surface area contributed by atoms with Crippen molar-refractivity contribution in [1.29, 1.82) is 0 Å². The van der Waals surface area contributed by atoms with Gasteiger partial charge in [-0.3, -0.25) is 9.48 Å². The van der Waals surface area contributed by atoms with E-state index >= 15 is 0 Å². The molecule has 0 unspecified atom stereocenters. The molecule has 0 saturated carbocycles. The number of nitrogens with zero attached hydrogens (tertiary/aromatic N) is 6. The molecule has 1 amide bonds. The van der Waals surface area contributed by atoms with Gasteiger partial charge >= 0.3 is 0 Å². The average molecular weight is 398 g/mol. The van der Waals surface area contributed by atoms with Crippen molar-refractivity contribution in [2.45, 2.75) is 13.8 Å². The van der Waals surface area contributed by atoms with Crippen LogP contribution in [0.4, 0.5) is 10.2 Å². The van der Waals surface area contributed by atoms with Crippen LogP contribution in [0.15, 0.2) is 24.3 Å². The van der Waals surface area contributed by atoms with Crippen molar-refractivity contribution in [1.82, 2.24) is 24.6 Å². The van der Waals surface area contributed by atoms with Crippen molar-refractivity contribution in [2.24, 2.45) is 7.05 Å². The Morgan fingerprint density at radius 1 is 1.14 bits per heavy atom. The molecular formula is C20H23FN6O2. The predicted molar refractivity (Wildman–Crippen MR) is 106 cm³/mol. The van der Waals surface area contributed by atoms with Gasteiger partial charge in [0.2, 0.25) is 0 Å². The molecule has 0 spiro atoms. The summed E-state index contributed by atoms with van der Waals surface area (Å²) >= 11 is 0. The van der Waals surface area contributed by atoms with Gasteiger partial charge < -0.3 is 14.5 Å². The molecule has 0 aliphatic carbocycles. The lowest BCUT2D eigenvalue weighted by molar-refractivity contribution is -0.133. The number of fused-ring (bicyclic) bond motifs is 1. The number of hydrogen-bond donors (Lipinski definition) is 0. The Morgan fingerprint density at radius 2 is 1.86 bits per heavy atom. The molecule has 152 valence electrons. The van der Waals surface area contributed by atoms with Crippen molar-refractivity contribution < 1.29 is 13.9 Å². The number of anilines is 1. The third-order valence-corrected chi connectivity index (χ3v) is 5.06. The smallest absolute Gasteiger partial charge is 0.260 e. The minimum atomic E-state index is -0.472. The summed E-state index contributed by atoms with van der Waals surface area (Å²) in [5.74, 6) is 0.989. The molecule has 1 fully saturated rings. The van der Waals surface area contributed by atoms with Gasteiger partial charge in [0.05, 0.1) is 5.69 Å². The minimum absolute atomic E-state index is 0.0879. The number of ether oxygens (including phenoxy) is 1. The van der Waals surface area contributed by atoms with Crippen LogP contribution in [0.1, 0.15) is 11.5 Å². The first-order valence-electron chi connectivity index (χ1n) is 9.52. The zero-order valence-corrected chi connectivity index (χ0v) is 16.7. The van der Waals surface area contributed by atoms with Crippen LogP contribution in [0.5, 0.6) is 5.75 Å². The van der Waals surface area contributed by atoms with Crippen LogP contribution in [-0.2, 0) is 11.8 Å². The summed E-state index contributed by atoms with van der Waals surface area (Å²) in [5, 5.41) is 4.47. The van der Waals surface area contributed by atoms with Gasteiger partial charge in [-0.1, -0.05) is 12.1 Å². The van der Waals surface area contributed by atoms with Crippen LogP contribution in [0.25, 0.3) is 11.0 Å². The number of benzene rings is 1. The van der Waals surface area contributed by atoms with E-state index in [0.29, 0.717) is 32.0 Å². The molecule has 0 bridgehead atoms. The highest BCUT2D eigenvalue weighted by Crippen LogP contribution is 2.26. The number of carbonyl (C=O) groups excluding carboxylic acids is 1. The Bertz CT molecular complexity index is 1060.